The van der Waals surface area contributed by atoms with Crippen molar-refractivity contribution in [1.82, 2.24) is 5.32 Å². The molecule has 3 nitrogen and oxygen atoms in total. The molecule has 0 spiro atoms. The van der Waals surface area contributed by atoms with E-state index in [9.17, 15) is 9.59 Å². The molecule has 0 heterocycles. The molecule has 0 rings (SSSR count). The summed E-state index contributed by atoms with van der Waals surface area (Å²) in [5.74, 6) is -0.175. The highest BCUT2D eigenvalue weighted by Crippen LogP contribution is 2.04. The molecule has 0 unspecified atom stereocenters. The highest BCUT2D eigenvalue weighted by molar-refractivity contribution is 5.99. The molecule has 0 saturated carbocycles. The van der Waals surface area contributed by atoms with E-state index in [1.165, 1.54) is 0 Å². The second-order valence-electron chi connectivity index (χ2n) is 2.63. The van der Waals surface area contributed by atoms with Gasteiger partial charge in [0, 0.05) is 13.5 Å². The fourth-order valence-corrected chi connectivity index (χ4v) is 0.785. The van der Waals surface area contributed by atoms with Crippen molar-refractivity contribution in [2.24, 2.45) is 0 Å². The lowest BCUT2D eigenvalue weighted by atomic mass is 10.1. The molecular formula is C9H15NO2. The number of Topliss-reactive ketones (excluding diaryl/α,β-unsaturated/α-hetero) is 1. The first-order chi connectivity index (χ1) is 5.61. The van der Waals surface area contributed by atoms with E-state index in [2.05, 4.69) is 11.9 Å². The average Bonchev–Trinajstić information content (AvgIpc) is 2.04. The van der Waals surface area contributed by atoms with Gasteiger partial charge in [0.15, 0.2) is 5.78 Å². The maximum absolute atomic E-state index is 11.1. The zero-order chi connectivity index (χ0) is 9.56. The second kappa shape index (κ2) is 5.52. The third-order valence-corrected chi connectivity index (χ3v) is 1.52. The first-order valence-corrected chi connectivity index (χ1v) is 4.03. The molecule has 68 valence electrons. The molecule has 0 aliphatic rings. The Hall–Kier alpha value is -1.12. The highest BCUT2D eigenvalue weighted by Gasteiger charge is 2.08. The van der Waals surface area contributed by atoms with Gasteiger partial charge in [0.05, 0.1) is 6.42 Å². The molecule has 1 amide bonds. The van der Waals surface area contributed by atoms with Crippen LogP contribution in [0.3, 0.4) is 0 Å². The van der Waals surface area contributed by atoms with E-state index >= 15 is 0 Å². The quantitative estimate of drug-likeness (QED) is 0.625. The minimum absolute atomic E-state index is 0.0129. The van der Waals surface area contributed by atoms with Crippen molar-refractivity contribution >= 4 is 11.7 Å². The molecule has 0 aromatic heterocycles. The van der Waals surface area contributed by atoms with Gasteiger partial charge in [-0.25, -0.2) is 0 Å². The molecule has 0 aromatic rings. The van der Waals surface area contributed by atoms with Crippen molar-refractivity contribution in [3.8, 4) is 0 Å². The van der Waals surface area contributed by atoms with Crippen LogP contribution < -0.4 is 5.32 Å². The van der Waals surface area contributed by atoms with E-state index in [-0.39, 0.29) is 18.1 Å². The van der Waals surface area contributed by atoms with Crippen LogP contribution in [-0.2, 0) is 9.59 Å². The number of ketones is 1. The number of amides is 1. The van der Waals surface area contributed by atoms with E-state index in [4.69, 9.17) is 0 Å². The summed E-state index contributed by atoms with van der Waals surface area (Å²) in [5, 5.41) is 2.44. The molecule has 0 bridgehead atoms. The molecule has 0 aliphatic heterocycles. The lowest BCUT2D eigenvalue weighted by Gasteiger charge is -2.01. The van der Waals surface area contributed by atoms with Gasteiger partial charge in [0.1, 0.15) is 0 Å². The summed E-state index contributed by atoms with van der Waals surface area (Å²) in [6, 6.07) is 0. The van der Waals surface area contributed by atoms with E-state index in [0.717, 1.165) is 6.42 Å². The van der Waals surface area contributed by atoms with Crippen LogP contribution in [0.25, 0.3) is 0 Å². The Morgan fingerprint density at radius 2 is 2.00 bits per heavy atom. The van der Waals surface area contributed by atoms with Gasteiger partial charge >= 0.3 is 0 Å². The predicted octanol–water partition coefficient (Wildman–Crippen LogP) is 1.05. The van der Waals surface area contributed by atoms with Crippen LogP contribution in [0.2, 0.25) is 0 Å². The van der Waals surface area contributed by atoms with Crippen molar-refractivity contribution in [2.45, 2.75) is 26.2 Å². The largest absolute Gasteiger partial charge is 0.359 e. The number of hydrogen-bond donors (Lipinski definition) is 1. The number of carbonyl (C=O) groups excluding carboxylic acids is 2. The SMILES string of the molecule is C=C(CC(=O)NC)C(=O)CCC. The second-order valence-corrected chi connectivity index (χ2v) is 2.63. The van der Waals surface area contributed by atoms with Gasteiger partial charge in [-0.3, -0.25) is 9.59 Å². The van der Waals surface area contributed by atoms with Crippen molar-refractivity contribution in [3.63, 3.8) is 0 Å². The first kappa shape index (κ1) is 10.9. The summed E-state index contributed by atoms with van der Waals surface area (Å²) in [7, 11) is 1.54. The fourth-order valence-electron chi connectivity index (χ4n) is 0.785. The first-order valence-electron chi connectivity index (χ1n) is 4.03. The Morgan fingerprint density at radius 1 is 1.42 bits per heavy atom. The van der Waals surface area contributed by atoms with Gasteiger partial charge < -0.3 is 5.32 Å². The van der Waals surface area contributed by atoms with Crippen LogP contribution in [0.15, 0.2) is 12.2 Å². The topological polar surface area (TPSA) is 46.2 Å². The van der Waals surface area contributed by atoms with Gasteiger partial charge in [-0.05, 0) is 12.0 Å². The molecule has 0 radical (unpaired) electrons. The monoisotopic (exact) mass is 169 g/mol. The van der Waals surface area contributed by atoms with Gasteiger partial charge in [-0.15, -0.1) is 0 Å². The lowest BCUT2D eigenvalue weighted by molar-refractivity contribution is -0.122. The molecular weight excluding hydrogens is 154 g/mol. The maximum atomic E-state index is 11.1. The predicted molar refractivity (Wildman–Crippen MR) is 47.7 cm³/mol. The minimum Gasteiger partial charge on any atom is -0.359 e. The summed E-state index contributed by atoms with van der Waals surface area (Å²) in [6.45, 7) is 5.47. The molecule has 0 atom stereocenters. The summed E-state index contributed by atoms with van der Waals surface area (Å²) in [6.07, 6.45) is 1.40. The molecule has 3 heteroatoms. The number of carbonyl (C=O) groups is 2. The number of nitrogens with one attached hydrogen (secondary N) is 1. The summed E-state index contributed by atoms with van der Waals surface area (Å²) >= 11 is 0. The third kappa shape index (κ3) is 3.91. The van der Waals surface area contributed by atoms with Gasteiger partial charge in [-0.1, -0.05) is 13.5 Å². The van der Waals surface area contributed by atoms with E-state index < -0.39 is 0 Å². The zero-order valence-electron chi connectivity index (χ0n) is 7.64. The lowest BCUT2D eigenvalue weighted by Crippen LogP contribution is -2.19. The molecule has 0 aromatic carbocycles. The van der Waals surface area contributed by atoms with Crippen molar-refractivity contribution in [2.75, 3.05) is 7.05 Å². The fraction of sp³-hybridized carbons (Fsp3) is 0.556. The zero-order valence-corrected chi connectivity index (χ0v) is 7.64. The third-order valence-electron chi connectivity index (χ3n) is 1.52. The molecule has 12 heavy (non-hydrogen) atoms. The molecule has 0 aliphatic carbocycles. The van der Waals surface area contributed by atoms with Crippen molar-refractivity contribution in [1.29, 1.82) is 0 Å². The Morgan fingerprint density at radius 3 is 2.42 bits per heavy atom. The average molecular weight is 169 g/mol. The summed E-state index contributed by atoms with van der Waals surface area (Å²) < 4.78 is 0. The van der Waals surface area contributed by atoms with E-state index in [1.54, 1.807) is 7.05 Å². The summed E-state index contributed by atoms with van der Waals surface area (Å²) in [5.41, 5.74) is 0.399. The Labute approximate surface area is 72.8 Å². The van der Waals surface area contributed by atoms with Crippen molar-refractivity contribution in [3.05, 3.63) is 12.2 Å². The van der Waals surface area contributed by atoms with Crippen LogP contribution in [0, 0.1) is 0 Å². The Balaban J connectivity index is 3.87. The van der Waals surface area contributed by atoms with Crippen LogP contribution >= 0.6 is 0 Å². The van der Waals surface area contributed by atoms with Crippen LogP contribution in [0.4, 0.5) is 0 Å². The summed E-state index contributed by atoms with van der Waals surface area (Å²) in [4.78, 5) is 21.9. The highest BCUT2D eigenvalue weighted by atomic mass is 16.2. The molecule has 0 fully saturated rings. The maximum Gasteiger partial charge on any atom is 0.224 e. The van der Waals surface area contributed by atoms with Crippen LogP contribution in [0.1, 0.15) is 26.2 Å². The standard InChI is InChI=1S/C9H15NO2/c1-4-5-8(11)7(2)6-9(12)10-3/h2,4-6H2,1,3H3,(H,10,12). The van der Waals surface area contributed by atoms with Crippen LogP contribution in [0.5, 0.6) is 0 Å². The molecule has 0 saturated heterocycles. The van der Waals surface area contributed by atoms with Crippen molar-refractivity contribution < 1.29 is 9.59 Å². The smallest absolute Gasteiger partial charge is 0.224 e. The normalized spacial score (nSPS) is 9.17. The van der Waals surface area contributed by atoms with Gasteiger partial charge in [0.2, 0.25) is 5.91 Å². The van der Waals surface area contributed by atoms with Gasteiger partial charge in [-0.2, -0.15) is 0 Å². The van der Waals surface area contributed by atoms with Crippen LogP contribution in [-0.4, -0.2) is 18.7 Å². The van der Waals surface area contributed by atoms with Gasteiger partial charge in [0.25, 0.3) is 0 Å². The van der Waals surface area contributed by atoms with E-state index in [1.807, 2.05) is 6.92 Å². The Bertz CT molecular complexity index is 197. The van der Waals surface area contributed by atoms with E-state index in [0.29, 0.717) is 12.0 Å². The Kier molecular flexibility index (Phi) is 5.00. The number of rotatable bonds is 5. The number of hydrogen-bond acceptors (Lipinski definition) is 2. The minimum atomic E-state index is -0.163. The molecule has 1 N–H and O–H groups in total.